The summed E-state index contributed by atoms with van der Waals surface area (Å²) in [4.78, 5) is 5.06. The lowest BCUT2D eigenvalue weighted by molar-refractivity contribution is 0.0152. The van der Waals surface area contributed by atoms with Gasteiger partial charge in [0.2, 0.25) is 0 Å². The van der Waals surface area contributed by atoms with Crippen LogP contribution in [0, 0.1) is 5.82 Å². The van der Waals surface area contributed by atoms with Crippen molar-refractivity contribution in [1.82, 2.24) is 0 Å². The van der Waals surface area contributed by atoms with E-state index in [2.05, 4.69) is 5.16 Å². The van der Waals surface area contributed by atoms with Crippen molar-refractivity contribution in [3.63, 3.8) is 0 Å². The van der Waals surface area contributed by atoms with Crippen LogP contribution in [0.5, 0.6) is 5.75 Å². The highest BCUT2D eigenvalue weighted by Gasteiger charge is 2.39. The van der Waals surface area contributed by atoms with Crippen molar-refractivity contribution in [2.24, 2.45) is 5.16 Å². The predicted molar refractivity (Wildman–Crippen MR) is 77.8 cm³/mol. The van der Waals surface area contributed by atoms with E-state index in [-0.39, 0.29) is 28.7 Å². The molecule has 5 nitrogen and oxygen atoms in total. The van der Waals surface area contributed by atoms with E-state index in [1.807, 2.05) is 0 Å². The fraction of sp³-hybridized carbons (Fsp3) is 0.462. The molecule has 1 aliphatic heterocycles. The maximum absolute atomic E-state index is 13.8. The fourth-order valence-electron chi connectivity index (χ4n) is 1.93. The number of methoxy groups -OCH3 is 1. The van der Waals surface area contributed by atoms with Gasteiger partial charge in [0.15, 0.2) is 20.5 Å². The van der Waals surface area contributed by atoms with Crippen LogP contribution in [0.3, 0.4) is 0 Å². The Hall–Kier alpha value is -1.34. The Balaban J connectivity index is 2.28. The van der Waals surface area contributed by atoms with E-state index >= 15 is 0 Å². The number of halogens is 2. The molecule has 8 heteroatoms. The second-order valence-corrected chi connectivity index (χ2v) is 7.27. The number of alkyl halides is 1. The molecule has 116 valence electrons. The van der Waals surface area contributed by atoms with E-state index in [4.69, 9.17) is 21.2 Å². The Morgan fingerprint density at radius 1 is 1.52 bits per heavy atom. The maximum atomic E-state index is 13.8. The Labute approximate surface area is 127 Å². The van der Waals surface area contributed by atoms with Gasteiger partial charge in [0.1, 0.15) is 11.6 Å². The van der Waals surface area contributed by atoms with Crippen molar-refractivity contribution >= 4 is 26.5 Å². The minimum atomic E-state index is -3.80. The van der Waals surface area contributed by atoms with E-state index in [0.29, 0.717) is 0 Å². The molecule has 0 radical (unpaired) electrons. The van der Waals surface area contributed by atoms with Crippen LogP contribution in [0.25, 0.3) is 0 Å². The third-order valence-corrected chi connectivity index (χ3v) is 5.34. The minimum Gasteiger partial charge on any atom is -0.496 e. The first-order valence-corrected chi connectivity index (χ1v) is 8.35. The van der Waals surface area contributed by atoms with Crippen LogP contribution in [-0.4, -0.2) is 32.1 Å². The summed E-state index contributed by atoms with van der Waals surface area (Å²) in [5.41, 5.74) is -0.870. The van der Waals surface area contributed by atoms with Gasteiger partial charge in [-0.1, -0.05) is 11.2 Å². The van der Waals surface area contributed by atoms with Crippen molar-refractivity contribution in [3.8, 4) is 5.75 Å². The van der Waals surface area contributed by atoms with Crippen molar-refractivity contribution in [2.75, 3.05) is 13.0 Å². The van der Waals surface area contributed by atoms with Gasteiger partial charge in [0, 0.05) is 12.0 Å². The average molecular weight is 336 g/mol. The average Bonchev–Trinajstić information content (AvgIpc) is 2.85. The van der Waals surface area contributed by atoms with Crippen LogP contribution in [0.15, 0.2) is 23.4 Å². The zero-order valence-corrected chi connectivity index (χ0v) is 13.2. The van der Waals surface area contributed by atoms with Crippen molar-refractivity contribution in [3.05, 3.63) is 29.6 Å². The molecule has 0 fully saturated rings. The van der Waals surface area contributed by atoms with Crippen LogP contribution in [0.2, 0.25) is 0 Å². The van der Waals surface area contributed by atoms with Crippen molar-refractivity contribution < 1.29 is 22.4 Å². The summed E-state index contributed by atoms with van der Waals surface area (Å²) in [6.45, 7) is 1.66. The molecule has 2 rings (SSSR count). The van der Waals surface area contributed by atoms with E-state index in [1.54, 1.807) is 6.92 Å². The van der Waals surface area contributed by atoms with Gasteiger partial charge in [-0.3, -0.25) is 0 Å². The number of hydrogen-bond acceptors (Lipinski definition) is 5. The lowest BCUT2D eigenvalue weighted by Gasteiger charge is -2.16. The number of sulfone groups is 1. The molecule has 0 bridgehead atoms. The van der Waals surface area contributed by atoms with Crippen molar-refractivity contribution in [1.29, 1.82) is 0 Å². The Kier molecular flexibility index (Phi) is 4.43. The van der Waals surface area contributed by atoms with E-state index in [9.17, 15) is 12.8 Å². The SMILES string of the molecule is COc1cccc(F)c1CS(=O)(=O)C1=NOC(C)(CCl)C1. The fourth-order valence-corrected chi connectivity index (χ4v) is 3.57. The molecule has 1 unspecified atom stereocenters. The number of ether oxygens (including phenoxy) is 1. The number of oxime groups is 1. The topological polar surface area (TPSA) is 65.0 Å². The van der Waals surface area contributed by atoms with Gasteiger partial charge < -0.3 is 9.57 Å². The normalized spacial score (nSPS) is 21.8. The summed E-state index contributed by atoms with van der Waals surface area (Å²) in [6.07, 6.45) is 0.0651. The summed E-state index contributed by atoms with van der Waals surface area (Å²) >= 11 is 5.72. The zero-order chi connectivity index (χ0) is 15.7. The van der Waals surface area contributed by atoms with Gasteiger partial charge in [0.25, 0.3) is 0 Å². The molecule has 1 atom stereocenters. The number of nitrogens with zero attached hydrogens (tertiary/aromatic N) is 1. The molecule has 21 heavy (non-hydrogen) atoms. The molecule has 1 aliphatic rings. The Morgan fingerprint density at radius 2 is 2.24 bits per heavy atom. The highest BCUT2D eigenvalue weighted by atomic mass is 35.5. The van der Waals surface area contributed by atoms with Crippen LogP contribution in [-0.2, 0) is 20.4 Å². The van der Waals surface area contributed by atoms with Gasteiger partial charge >= 0.3 is 0 Å². The quantitative estimate of drug-likeness (QED) is 0.793. The number of hydrogen-bond donors (Lipinski definition) is 0. The summed E-state index contributed by atoms with van der Waals surface area (Å²) in [6, 6.07) is 4.14. The summed E-state index contributed by atoms with van der Waals surface area (Å²) in [7, 11) is -2.45. The zero-order valence-electron chi connectivity index (χ0n) is 11.6. The highest BCUT2D eigenvalue weighted by molar-refractivity contribution is 8.05. The molecule has 1 aromatic rings. The van der Waals surface area contributed by atoms with Crippen LogP contribution in [0.1, 0.15) is 18.9 Å². The van der Waals surface area contributed by atoms with Gasteiger partial charge in [-0.05, 0) is 19.1 Å². The largest absolute Gasteiger partial charge is 0.496 e. The first-order chi connectivity index (χ1) is 9.81. The minimum absolute atomic E-state index is 0.0258. The molecule has 1 heterocycles. The van der Waals surface area contributed by atoms with Crippen LogP contribution < -0.4 is 4.74 Å². The standard InChI is InChI=1S/C13H15ClFNO4S/c1-13(8-14)6-12(16-20-13)21(17,18)7-9-10(15)4-3-5-11(9)19-2/h3-5H,6-8H2,1-2H3. The maximum Gasteiger partial charge on any atom is 0.199 e. The molecule has 0 saturated carbocycles. The molecule has 1 aromatic carbocycles. The molecule has 0 amide bonds. The third kappa shape index (κ3) is 3.29. The summed E-state index contributed by atoms with van der Waals surface area (Å²) in [5, 5.41) is 3.46. The Bertz CT molecular complexity index is 677. The van der Waals surface area contributed by atoms with Gasteiger partial charge in [0.05, 0.1) is 18.7 Å². The molecule has 0 aromatic heterocycles. The molecule has 0 saturated heterocycles. The smallest absolute Gasteiger partial charge is 0.199 e. The lowest BCUT2D eigenvalue weighted by Crippen LogP contribution is -2.28. The molecular weight excluding hydrogens is 321 g/mol. The van der Waals surface area contributed by atoms with E-state index in [0.717, 1.165) is 0 Å². The highest BCUT2D eigenvalue weighted by Crippen LogP contribution is 2.30. The van der Waals surface area contributed by atoms with Crippen LogP contribution >= 0.6 is 11.6 Å². The summed E-state index contributed by atoms with van der Waals surface area (Å²) in [5.74, 6) is -0.891. The second kappa shape index (κ2) is 5.81. The monoisotopic (exact) mass is 335 g/mol. The third-order valence-electron chi connectivity index (χ3n) is 3.16. The van der Waals surface area contributed by atoms with Crippen molar-refractivity contribution in [2.45, 2.75) is 24.7 Å². The Morgan fingerprint density at radius 3 is 2.81 bits per heavy atom. The number of rotatable bonds is 4. The van der Waals surface area contributed by atoms with Gasteiger partial charge in [-0.2, -0.15) is 0 Å². The van der Waals surface area contributed by atoms with Gasteiger partial charge in [-0.25, -0.2) is 12.8 Å². The molecule has 0 aliphatic carbocycles. The molecular formula is C13H15ClFNO4S. The predicted octanol–water partition coefficient (Wildman–Crippen LogP) is 2.48. The summed E-state index contributed by atoms with van der Waals surface area (Å²) < 4.78 is 43.5. The first kappa shape index (κ1) is 16.0. The number of benzene rings is 1. The van der Waals surface area contributed by atoms with E-state index < -0.39 is 27.0 Å². The molecule has 0 N–H and O–H groups in total. The van der Waals surface area contributed by atoms with E-state index in [1.165, 1.54) is 25.3 Å². The van der Waals surface area contributed by atoms with Gasteiger partial charge in [-0.15, -0.1) is 11.6 Å². The molecule has 0 spiro atoms. The first-order valence-electron chi connectivity index (χ1n) is 6.16. The van der Waals surface area contributed by atoms with Crippen LogP contribution in [0.4, 0.5) is 4.39 Å². The second-order valence-electron chi connectivity index (χ2n) is 5.02. The lowest BCUT2D eigenvalue weighted by atomic mass is 10.1.